The molecule has 2 heterocycles. The van der Waals surface area contributed by atoms with Gasteiger partial charge in [-0.1, -0.05) is 0 Å². The number of carbonyl (C=O) groups excluding carboxylic acids is 1. The average Bonchev–Trinajstić information content (AvgIpc) is 2.49. The van der Waals surface area contributed by atoms with Crippen molar-refractivity contribution in [3.05, 3.63) is 38.7 Å². The Hall–Kier alpha value is -1.90. The first-order chi connectivity index (χ1) is 10.5. The van der Waals surface area contributed by atoms with E-state index in [2.05, 4.69) is 20.3 Å². The standard InChI is InChI=1S/C14H17N5O3.2ClH/c15-8-1-3-9(4-2-8)17-12(20)7-5-10-11(16-6-7)18-14(22)19-13(10)21;;/h5-6,8-9H,1-4,15H2,(H,17,20)(H2,16,18,19,21,22);2*1H. The van der Waals surface area contributed by atoms with Gasteiger partial charge in [0, 0.05) is 18.3 Å². The number of hydrogen-bond donors (Lipinski definition) is 4. The van der Waals surface area contributed by atoms with E-state index in [1.165, 1.54) is 12.3 Å². The highest BCUT2D eigenvalue weighted by Gasteiger charge is 2.21. The maximum atomic E-state index is 12.2. The minimum Gasteiger partial charge on any atom is -0.349 e. The number of fused-ring (bicyclic) bond motifs is 1. The largest absolute Gasteiger partial charge is 0.349 e. The lowest BCUT2D eigenvalue weighted by atomic mass is 9.91. The number of nitrogens with two attached hydrogens (primary N) is 1. The Morgan fingerprint density at radius 2 is 1.83 bits per heavy atom. The topological polar surface area (TPSA) is 134 Å². The third-order valence-corrected chi connectivity index (χ3v) is 3.96. The molecule has 1 aliphatic carbocycles. The molecule has 5 N–H and O–H groups in total. The summed E-state index contributed by atoms with van der Waals surface area (Å²) < 4.78 is 0. The fraction of sp³-hybridized carbons (Fsp3) is 0.429. The molecule has 1 aliphatic rings. The SMILES string of the molecule is Cl.Cl.NC1CCC(NC(=O)c2cnc3[nH]c(=O)[nH]c(=O)c3c2)CC1. The predicted octanol–water partition coefficient (Wildman–Crippen LogP) is 0.455. The van der Waals surface area contributed by atoms with Crippen LogP contribution in [0.5, 0.6) is 0 Å². The van der Waals surface area contributed by atoms with Crippen LogP contribution in [0.3, 0.4) is 0 Å². The van der Waals surface area contributed by atoms with Gasteiger partial charge in [-0.2, -0.15) is 0 Å². The second kappa shape index (κ2) is 8.27. The van der Waals surface area contributed by atoms with Gasteiger partial charge in [0.05, 0.1) is 10.9 Å². The molecule has 10 heteroatoms. The summed E-state index contributed by atoms with van der Waals surface area (Å²) >= 11 is 0. The maximum absolute atomic E-state index is 12.2. The predicted molar refractivity (Wildman–Crippen MR) is 95.2 cm³/mol. The summed E-state index contributed by atoms with van der Waals surface area (Å²) in [7, 11) is 0. The average molecular weight is 376 g/mol. The van der Waals surface area contributed by atoms with E-state index in [1.54, 1.807) is 0 Å². The number of aromatic nitrogens is 3. The van der Waals surface area contributed by atoms with Gasteiger partial charge in [0.25, 0.3) is 11.5 Å². The molecule has 8 nitrogen and oxygen atoms in total. The molecule has 132 valence electrons. The summed E-state index contributed by atoms with van der Waals surface area (Å²) in [5, 5.41) is 3.11. The van der Waals surface area contributed by atoms with Crippen molar-refractivity contribution in [2.45, 2.75) is 37.8 Å². The third kappa shape index (κ3) is 4.34. The molecule has 0 saturated heterocycles. The maximum Gasteiger partial charge on any atom is 0.327 e. The summed E-state index contributed by atoms with van der Waals surface area (Å²) in [6.45, 7) is 0. The zero-order valence-corrected chi connectivity index (χ0v) is 14.3. The fourth-order valence-corrected chi connectivity index (χ4v) is 2.70. The van der Waals surface area contributed by atoms with E-state index in [0.29, 0.717) is 5.56 Å². The zero-order chi connectivity index (χ0) is 15.7. The normalized spacial score (nSPS) is 19.9. The number of aromatic amines is 2. The zero-order valence-electron chi connectivity index (χ0n) is 12.7. The third-order valence-electron chi connectivity index (χ3n) is 3.96. The molecule has 0 spiro atoms. The second-order valence-corrected chi connectivity index (χ2v) is 5.61. The monoisotopic (exact) mass is 375 g/mol. The lowest BCUT2D eigenvalue weighted by Crippen LogP contribution is -2.40. The Balaban J connectivity index is 0.00000144. The molecule has 2 aromatic heterocycles. The van der Waals surface area contributed by atoms with Crippen LogP contribution in [0.25, 0.3) is 11.0 Å². The molecule has 1 amide bonds. The number of carbonyl (C=O) groups is 1. The first kappa shape index (κ1) is 20.1. The van der Waals surface area contributed by atoms with Gasteiger partial charge in [0.2, 0.25) is 0 Å². The molecule has 1 saturated carbocycles. The Labute approximate surface area is 149 Å². The van der Waals surface area contributed by atoms with Crippen LogP contribution in [0, 0.1) is 0 Å². The number of H-pyrrole nitrogens is 2. The smallest absolute Gasteiger partial charge is 0.327 e. The highest BCUT2D eigenvalue weighted by atomic mass is 35.5. The molecule has 3 rings (SSSR count). The lowest BCUT2D eigenvalue weighted by Gasteiger charge is -2.26. The highest BCUT2D eigenvalue weighted by molar-refractivity contribution is 5.96. The molecular formula is C14H19Cl2N5O3. The van der Waals surface area contributed by atoms with Gasteiger partial charge in [0.1, 0.15) is 5.65 Å². The lowest BCUT2D eigenvalue weighted by molar-refractivity contribution is 0.0925. The quantitative estimate of drug-likeness (QED) is 0.604. The molecule has 0 bridgehead atoms. The molecule has 0 aliphatic heterocycles. The summed E-state index contributed by atoms with van der Waals surface area (Å²) in [5.41, 5.74) is 5.10. The van der Waals surface area contributed by atoms with Crippen molar-refractivity contribution >= 4 is 41.8 Å². The van der Waals surface area contributed by atoms with Crippen LogP contribution in [0.2, 0.25) is 0 Å². The first-order valence-corrected chi connectivity index (χ1v) is 7.22. The summed E-state index contributed by atoms with van der Waals surface area (Å²) in [6, 6.07) is 1.74. The van der Waals surface area contributed by atoms with Crippen molar-refractivity contribution < 1.29 is 4.79 Å². The van der Waals surface area contributed by atoms with Crippen LogP contribution < -0.4 is 22.3 Å². The second-order valence-electron chi connectivity index (χ2n) is 5.61. The van der Waals surface area contributed by atoms with Gasteiger partial charge in [-0.3, -0.25) is 19.6 Å². The van der Waals surface area contributed by atoms with Crippen LogP contribution in [0.1, 0.15) is 36.0 Å². The van der Waals surface area contributed by atoms with Gasteiger partial charge in [-0.25, -0.2) is 9.78 Å². The van der Waals surface area contributed by atoms with E-state index < -0.39 is 11.2 Å². The summed E-state index contributed by atoms with van der Waals surface area (Å²) in [5.74, 6) is -0.277. The molecule has 2 aromatic rings. The number of rotatable bonds is 2. The van der Waals surface area contributed by atoms with E-state index in [-0.39, 0.29) is 53.8 Å². The minimum atomic E-state index is -0.624. The van der Waals surface area contributed by atoms with Crippen LogP contribution in [0.4, 0.5) is 0 Å². The van der Waals surface area contributed by atoms with E-state index in [4.69, 9.17) is 5.73 Å². The molecular weight excluding hydrogens is 357 g/mol. The van der Waals surface area contributed by atoms with E-state index >= 15 is 0 Å². The summed E-state index contributed by atoms with van der Waals surface area (Å²) in [4.78, 5) is 43.7. The van der Waals surface area contributed by atoms with Crippen LogP contribution in [-0.4, -0.2) is 32.9 Å². The molecule has 0 aromatic carbocycles. The van der Waals surface area contributed by atoms with Crippen molar-refractivity contribution in [2.24, 2.45) is 5.73 Å². The molecule has 0 radical (unpaired) electrons. The van der Waals surface area contributed by atoms with Gasteiger partial charge in [-0.15, -0.1) is 24.8 Å². The Morgan fingerprint density at radius 3 is 2.50 bits per heavy atom. The van der Waals surface area contributed by atoms with E-state index in [1.807, 2.05) is 0 Å². The van der Waals surface area contributed by atoms with Crippen LogP contribution >= 0.6 is 24.8 Å². The van der Waals surface area contributed by atoms with Crippen molar-refractivity contribution in [2.75, 3.05) is 0 Å². The Morgan fingerprint density at radius 1 is 1.17 bits per heavy atom. The summed E-state index contributed by atoms with van der Waals surface area (Å²) in [6.07, 6.45) is 4.83. The fourth-order valence-electron chi connectivity index (χ4n) is 2.70. The number of nitrogens with one attached hydrogen (secondary N) is 3. The van der Waals surface area contributed by atoms with Gasteiger partial charge < -0.3 is 11.1 Å². The Kier molecular flexibility index (Phi) is 6.94. The van der Waals surface area contributed by atoms with Crippen molar-refractivity contribution in [1.29, 1.82) is 0 Å². The Bertz CT molecular complexity index is 827. The number of amides is 1. The van der Waals surface area contributed by atoms with Crippen molar-refractivity contribution in [3.8, 4) is 0 Å². The van der Waals surface area contributed by atoms with E-state index in [0.717, 1.165) is 25.7 Å². The van der Waals surface area contributed by atoms with Crippen molar-refractivity contribution in [3.63, 3.8) is 0 Å². The van der Waals surface area contributed by atoms with Crippen LogP contribution in [-0.2, 0) is 0 Å². The number of halogens is 2. The van der Waals surface area contributed by atoms with Gasteiger partial charge in [-0.05, 0) is 31.7 Å². The van der Waals surface area contributed by atoms with Gasteiger partial charge >= 0.3 is 5.69 Å². The van der Waals surface area contributed by atoms with Gasteiger partial charge in [0.15, 0.2) is 0 Å². The molecule has 0 unspecified atom stereocenters. The number of pyridine rings is 1. The number of nitrogens with zero attached hydrogens (tertiary/aromatic N) is 1. The highest BCUT2D eigenvalue weighted by Crippen LogP contribution is 2.17. The molecule has 0 atom stereocenters. The van der Waals surface area contributed by atoms with Crippen molar-refractivity contribution in [1.82, 2.24) is 20.3 Å². The van der Waals surface area contributed by atoms with Crippen LogP contribution in [0.15, 0.2) is 21.9 Å². The van der Waals surface area contributed by atoms with E-state index in [9.17, 15) is 14.4 Å². The molecule has 24 heavy (non-hydrogen) atoms. The first-order valence-electron chi connectivity index (χ1n) is 7.22. The minimum absolute atomic E-state index is 0. The number of hydrogen-bond acceptors (Lipinski definition) is 5. The molecule has 1 fully saturated rings.